The summed E-state index contributed by atoms with van der Waals surface area (Å²) in [6, 6.07) is 9.64. The molecule has 2 aromatic rings. The van der Waals surface area contributed by atoms with E-state index in [4.69, 9.17) is 11.6 Å². The highest BCUT2D eigenvalue weighted by Gasteiger charge is 2.38. The standard InChI is InChI=1S/C17H17ClN2O/c18-16-14-7-2-1-4-11(14)8-15(19-16)17(21)20-9-12-5-3-6-13(12)10-20/h1-2,4,7-8,12-13H,3,5-6,9-10H2. The lowest BCUT2D eigenvalue weighted by molar-refractivity contribution is 0.0775. The molecule has 1 aliphatic heterocycles. The lowest BCUT2D eigenvalue weighted by Crippen LogP contribution is -2.30. The van der Waals surface area contributed by atoms with Crippen molar-refractivity contribution in [2.75, 3.05) is 13.1 Å². The van der Waals surface area contributed by atoms with Crippen LogP contribution in [0.2, 0.25) is 5.15 Å². The first-order chi connectivity index (χ1) is 10.2. The summed E-state index contributed by atoms with van der Waals surface area (Å²) in [5.41, 5.74) is 0.471. The van der Waals surface area contributed by atoms with E-state index in [1.165, 1.54) is 19.3 Å². The lowest BCUT2D eigenvalue weighted by atomic mass is 10.0. The van der Waals surface area contributed by atoms with E-state index >= 15 is 0 Å². The number of benzene rings is 1. The summed E-state index contributed by atoms with van der Waals surface area (Å²) in [5, 5.41) is 2.28. The first-order valence-electron chi connectivity index (χ1n) is 7.57. The number of fused-ring (bicyclic) bond motifs is 2. The third-order valence-electron chi connectivity index (χ3n) is 4.93. The predicted molar refractivity (Wildman–Crippen MR) is 83.5 cm³/mol. The number of nitrogens with zero attached hydrogens (tertiary/aromatic N) is 2. The molecule has 2 fully saturated rings. The van der Waals surface area contributed by atoms with E-state index < -0.39 is 0 Å². The second-order valence-electron chi connectivity index (χ2n) is 6.18. The molecule has 1 aromatic heterocycles. The molecule has 3 nitrogen and oxygen atoms in total. The number of likely N-dealkylation sites (tertiary alicyclic amines) is 1. The zero-order valence-electron chi connectivity index (χ0n) is 11.8. The van der Waals surface area contributed by atoms with Crippen molar-refractivity contribution in [3.63, 3.8) is 0 Å². The molecule has 21 heavy (non-hydrogen) atoms. The number of hydrogen-bond acceptors (Lipinski definition) is 2. The Hall–Kier alpha value is -1.61. The molecule has 1 aliphatic carbocycles. The number of amides is 1. The van der Waals surface area contributed by atoms with Gasteiger partial charge in [-0.3, -0.25) is 4.79 Å². The molecule has 0 N–H and O–H groups in total. The van der Waals surface area contributed by atoms with Crippen LogP contribution in [0, 0.1) is 11.8 Å². The number of pyridine rings is 1. The molecule has 0 radical (unpaired) electrons. The van der Waals surface area contributed by atoms with Crippen molar-refractivity contribution in [2.45, 2.75) is 19.3 Å². The van der Waals surface area contributed by atoms with Crippen LogP contribution in [0.4, 0.5) is 0 Å². The second-order valence-corrected chi connectivity index (χ2v) is 6.54. The van der Waals surface area contributed by atoms with Crippen molar-refractivity contribution in [2.24, 2.45) is 11.8 Å². The van der Waals surface area contributed by atoms with E-state index in [-0.39, 0.29) is 5.91 Å². The second kappa shape index (κ2) is 4.99. The fraction of sp³-hybridized carbons (Fsp3) is 0.412. The van der Waals surface area contributed by atoms with Gasteiger partial charge in [0.25, 0.3) is 5.91 Å². The Morgan fingerprint density at radius 2 is 1.90 bits per heavy atom. The Labute approximate surface area is 128 Å². The number of rotatable bonds is 1. The normalized spacial score (nSPS) is 24.5. The van der Waals surface area contributed by atoms with E-state index in [0.717, 1.165) is 23.9 Å². The average molecular weight is 301 g/mol. The maximum atomic E-state index is 12.7. The molecule has 2 unspecified atom stereocenters. The fourth-order valence-corrected chi connectivity index (χ4v) is 4.09. The van der Waals surface area contributed by atoms with Gasteiger partial charge in [-0.15, -0.1) is 0 Å². The highest BCUT2D eigenvalue weighted by Crippen LogP contribution is 2.38. The predicted octanol–water partition coefficient (Wildman–Crippen LogP) is 3.76. The zero-order chi connectivity index (χ0) is 14.4. The largest absolute Gasteiger partial charge is 0.337 e. The number of halogens is 1. The van der Waals surface area contributed by atoms with Crippen molar-refractivity contribution in [1.82, 2.24) is 9.88 Å². The first kappa shape index (κ1) is 13.1. The van der Waals surface area contributed by atoms with Gasteiger partial charge in [0.15, 0.2) is 0 Å². The summed E-state index contributed by atoms with van der Waals surface area (Å²) in [6.07, 6.45) is 3.85. The van der Waals surface area contributed by atoms with Crippen LogP contribution in [-0.4, -0.2) is 28.9 Å². The Morgan fingerprint density at radius 3 is 2.67 bits per heavy atom. The van der Waals surface area contributed by atoms with Gasteiger partial charge < -0.3 is 4.90 Å². The Bertz CT molecular complexity index is 703. The molecule has 1 saturated heterocycles. The van der Waals surface area contributed by atoms with E-state index in [2.05, 4.69) is 4.98 Å². The number of aromatic nitrogens is 1. The molecule has 2 atom stereocenters. The van der Waals surface area contributed by atoms with Crippen LogP contribution >= 0.6 is 11.6 Å². The highest BCUT2D eigenvalue weighted by atomic mass is 35.5. The van der Waals surface area contributed by atoms with Gasteiger partial charge in [0.1, 0.15) is 10.8 Å². The minimum Gasteiger partial charge on any atom is -0.337 e. The number of carbonyl (C=O) groups excluding carboxylic acids is 1. The molecule has 4 heteroatoms. The molecule has 0 spiro atoms. The van der Waals surface area contributed by atoms with Gasteiger partial charge in [-0.2, -0.15) is 0 Å². The van der Waals surface area contributed by atoms with Gasteiger partial charge in [-0.25, -0.2) is 4.98 Å². The summed E-state index contributed by atoms with van der Waals surface area (Å²) in [7, 11) is 0. The molecule has 1 amide bonds. The molecule has 108 valence electrons. The molecular weight excluding hydrogens is 284 g/mol. The third kappa shape index (κ3) is 2.20. The van der Waals surface area contributed by atoms with Crippen LogP contribution in [0.15, 0.2) is 30.3 Å². The maximum absolute atomic E-state index is 12.7. The maximum Gasteiger partial charge on any atom is 0.272 e. The number of carbonyl (C=O) groups is 1. The average Bonchev–Trinajstić information content (AvgIpc) is 3.07. The molecule has 0 bridgehead atoms. The van der Waals surface area contributed by atoms with E-state index in [0.29, 0.717) is 22.7 Å². The van der Waals surface area contributed by atoms with E-state index in [1.807, 2.05) is 35.2 Å². The monoisotopic (exact) mass is 300 g/mol. The van der Waals surface area contributed by atoms with Crippen LogP contribution in [0.25, 0.3) is 10.8 Å². The Balaban J connectivity index is 1.65. The minimum absolute atomic E-state index is 0.0250. The summed E-state index contributed by atoms with van der Waals surface area (Å²) in [6.45, 7) is 1.77. The van der Waals surface area contributed by atoms with Crippen LogP contribution in [0.5, 0.6) is 0 Å². The van der Waals surface area contributed by atoms with Gasteiger partial charge >= 0.3 is 0 Å². The summed E-state index contributed by atoms with van der Waals surface area (Å²) in [5.74, 6) is 1.42. The summed E-state index contributed by atoms with van der Waals surface area (Å²) >= 11 is 6.23. The molecular formula is C17H17ClN2O. The Morgan fingerprint density at radius 1 is 1.19 bits per heavy atom. The molecule has 2 heterocycles. The molecule has 2 aliphatic rings. The quantitative estimate of drug-likeness (QED) is 0.751. The SMILES string of the molecule is O=C(c1cc2ccccc2c(Cl)n1)N1CC2CCCC2C1. The van der Waals surface area contributed by atoms with Gasteiger partial charge in [-0.1, -0.05) is 42.3 Å². The van der Waals surface area contributed by atoms with Crippen molar-refractivity contribution >= 4 is 28.3 Å². The van der Waals surface area contributed by atoms with Gasteiger partial charge in [0.05, 0.1) is 0 Å². The van der Waals surface area contributed by atoms with Crippen molar-refractivity contribution in [1.29, 1.82) is 0 Å². The van der Waals surface area contributed by atoms with Gasteiger partial charge in [0.2, 0.25) is 0 Å². The van der Waals surface area contributed by atoms with Crippen molar-refractivity contribution in [3.05, 3.63) is 41.2 Å². The number of hydrogen-bond donors (Lipinski definition) is 0. The van der Waals surface area contributed by atoms with Crippen LogP contribution in [0.3, 0.4) is 0 Å². The molecule has 4 rings (SSSR count). The van der Waals surface area contributed by atoms with Crippen LogP contribution < -0.4 is 0 Å². The smallest absolute Gasteiger partial charge is 0.272 e. The summed E-state index contributed by atoms with van der Waals surface area (Å²) < 4.78 is 0. The molecule has 1 saturated carbocycles. The highest BCUT2D eigenvalue weighted by molar-refractivity contribution is 6.34. The minimum atomic E-state index is 0.0250. The zero-order valence-corrected chi connectivity index (χ0v) is 12.5. The fourth-order valence-electron chi connectivity index (χ4n) is 3.83. The topological polar surface area (TPSA) is 33.2 Å². The Kier molecular flexibility index (Phi) is 3.11. The third-order valence-corrected chi connectivity index (χ3v) is 5.21. The van der Waals surface area contributed by atoms with Gasteiger partial charge in [0, 0.05) is 18.5 Å². The van der Waals surface area contributed by atoms with E-state index in [1.54, 1.807) is 0 Å². The van der Waals surface area contributed by atoms with Crippen molar-refractivity contribution < 1.29 is 4.79 Å². The van der Waals surface area contributed by atoms with Crippen LogP contribution in [0.1, 0.15) is 29.8 Å². The molecule has 1 aromatic carbocycles. The van der Waals surface area contributed by atoms with Gasteiger partial charge in [-0.05, 0) is 36.1 Å². The lowest BCUT2D eigenvalue weighted by Gasteiger charge is -2.17. The van der Waals surface area contributed by atoms with Crippen molar-refractivity contribution in [3.8, 4) is 0 Å². The summed E-state index contributed by atoms with van der Waals surface area (Å²) in [4.78, 5) is 19.0. The van der Waals surface area contributed by atoms with E-state index in [9.17, 15) is 4.79 Å². The first-order valence-corrected chi connectivity index (χ1v) is 7.95. The van der Waals surface area contributed by atoms with Crippen LogP contribution in [-0.2, 0) is 0 Å².